The van der Waals surface area contributed by atoms with Crippen LogP contribution in [0.25, 0.3) is 5.69 Å². The third-order valence-electron chi connectivity index (χ3n) is 4.73. The van der Waals surface area contributed by atoms with Gasteiger partial charge in [0.05, 0.1) is 11.4 Å². The van der Waals surface area contributed by atoms with Crippen LogP contribution in [0.3, 0.4) is 0 Å². The standard InChI is InChI=1S/C19H21N5OS2/c1-13(2)14-3-5-16(6-4-14)24-19(20-21-22-24)27-12-18(25)23-9-7-17-15(11-23)8-10-26-17/h3-6,8,10,13H,7,9,11-12H2,1-2H3. The van der Waals surface area contributed by atoms with Crippen LogP contribution in [0.1, 0.15) is 35.8 Å². The summed E-state index contributed by atoms with van der Waals surface area (Å²) in [6.07, 6.45) is 0.948. The van der Waals surface area contributed by atoms with Crippen molar-refractivity contribution >= 4 is 29.0 Å². The van der Waals surface area contributed by atoms with Crippen molar-refractivity contribution in [3.8, 4) is 5.69 Å². The first-order chi connectivity index (χ1) is 13.1. The summed E-state index contributed by atoms with van der Waals surface area (Å²) in [7, 11) is 0. The topological polar surface area (TPSA) is 63.9 Å². The summed E-state index contributed by atoms with van der Waals surface area (Å²) in [6, 6.07) is 10.3. The Morgan fingerprint density at radius 2 is 2.07 bits per heavy atom. The summed E-state index contributed by atoms with van der Waals surface area (Å²) in [5.41, 5.74) is 3.45. The highest BCUT2D eigenvalue weighted by Crippen LogP contribution is 2.25. The van der Waals surface area contributed by atoms with Crippen LogP contribution in [0.4, 0.5) is 0 Å². The molecule has 0 unspecified atom stereocenters. The Morgan fingerprint density at radius 1 is 1.26 bits per heavy atom. The summed E-state index contributed by atoms with van der Waals surface area (Å²) >= 11 is 3.16. The molecule has 0 bridgehead atoms. The highest BCUT2D eigenvalue weighted by Gasteiger charge is 2.22. The summed E-state index contributed by atoms with van der Waals surface area (Å²) < 4.78 is 1.69. The first-order valence-corrected chi connectivity index (χ1v) is 10.8. The lowest BCUT2D eigenvalue weighted by Gasteiger charge is -2.26. The van der Waals surface area contributed by atoms with Gasteiger partial charge in [-0.2, -0.15) is 4.68 Å². The average Bonchev–Trinajstić information content (AvgIpc) is 3.34. The second kappa shape index (κ2) is 7.82. The fourth-order valence-electron chi connectivity index (χ4n) is 3.11. The van der Waals surface area contributed by atoms with Crippen LogP contribution >= 0.6 is 23.1 Å². The first kappa shape index (κ1) is 18.2. The fraction of sp³-hybridized carbons (Fsp3) is 0.368. The Morgan fingerprint density at radius 3 is 2.85 bits per heavy atom. The molecule has 8 heteroatoms. The predicted octanol–water partition coefficient (Wildman–Crippen LogP) is 3.52. The number of hydrogen-bond donors (Lipinski definition) is 0. The van der Waals surface area contributed by atoms with Gasteiger partial charge in [0.2, 0.25) is 11.1 Å². The van der Waals surface area contributed by atoms with Gasteiger partial charge in [0.1, 0.15) is 0 Å². The second-order valence-corrected chi connectivity index (χ2v) is 8.79. The lowest BCUT2D eigenvalue weighted by molar-refractivity contribution is -0.129. The largest absolute Gasteiger partial charge is 0.337 e. The van der Waals surface area contributed by atoms with Gasteiger partial charge in [-0.15, -0.1) is 16.4 Å². The van der Waals surface area contributed by atoms with Gasteiger partial charge in [-0.25, -0.2) is 0 Å². The predicted molar refractivity (Wildman–Crippen MR) is 107 cm³/mol. The second-order valence-electron chi connectivity index (χ2n) is 6.84. The van der Waals surface area contributed by atoms with Crippen molar-refractivity contribution < 1.29 is 4.79 Å². The highest BCUT2D eigenvalue weighted by atomic mass is 32.2. The molecular formula is C19H21N5OS2. The van der Waals surface area contributed by atoms with Crippen molar-refractivity contribution in [2.45, 2.75) is 37.9 Å². The highest BCUT2D eigenvalue weighted by molar-refractivity contribution is 7.99. The van der Waals surface area contributed by atoms with E-state index in [1.54, 1.807) is 16.0 Å². The number of carbonyl (C=O) groups is 1. The molecule has 1 amide bonds. The monoisotopic (exact) mass is 399 g/mol. The van der Waals surface area contributed by atoms with Crippen molar-refractivity contribution in [3.63, 3.8) is 0 Å². The smallest absolute Gasteiger partial charge is 0.233 e. The summed E-state index contributed by atoms with van der Waals surface area (Å²) in [4.78, 5) is 16.0. The molecule has 1 aliphatic heterocycles. The molecule has 0 saturated heterocycles. The quantitative estimate of drug-likeness (QED) is 0.614. The van der Waals surface area contributed by atoms with E-state index in [-0.39, 0.29) is 5.91 Å². The molecule has 0 fully saturated rings. The van der Waals surface area contributed by atoms with Crippen molar-refractivity contribution in [3.05, 3.63) is 51.7 Å². The molecule has 1 aromatic carbocycles. The minimum Gasteiger partial charge on any atom is -0.337 e. The zero-order valence-electron chi connectivity index (χ0n) is 15.3. The molecule has 27 heavy (non-hydrogen) atoms. The van der Waals surface area contributed by atoms with Gasteiger partial charge in [0, 0.05) is 18.0 Å². The number of fused-ring (bicyclic) bond motifs is 1. The number of benzene rings is 1. The molecule has 2 aromatic heterocycles. The van der Waals surface area contributed by atoms with Crippen molar-refractivity contribution in [1.82, 2.24) is 25.1 Å². The Balaban J connectivity index is 1.41. The SMILES string of the molecule is CC(C)c1ccc(-n2nnnc2SCC(=O)N2CCc3sccc3C2)cc1. The number of rotatable bonds is 5. The maximum absolute atomic E-state index is 12.6. The third kappa shape index (κ3) is 3.91. The van der Waals surface area contributed by atoms with Crippen LogP contribution < -0.4 is 0 Å². The Kier molecular flexibility index (Phi) is 5.27. The number of thioether (sulfide) groups is 1. The first-order valence-electron chi connectivity index (χ1n) is 8.96. The number of aromatic nitrogens is 4. The van der Waals surface area contributed by atoms with Gasteiger partial charge in [-0.3, -0.25) is 4.79 Å². The van der Waals surface area contributed by atoms with Gasteiger partial charge < -0.3 is 4.90 Å². The molecule has 0 saturated carbocycles. The molecule has 0 radical (unpaired) electrons. The Hall–Kier alpha value is -2.19. The van der Waals surface area contributed by atoms with Gasteiger partial charge in [-0.05, 0) is 57.5 Å². The Bertz CT molecular complexity index is 932. The van der Waals surface area contributed by atoms with Crippen molar-refractivity contribution in [2.24, 2.45) is 0 Å². The van der Waals surface area contributed by atoms with E-state index >= 15 is 0 Å². The normalized spacial score (nSPS) is 13.8. The van der Waals surface area contributed by atoms with E-state index in [1.165, 1.54) is 27.8 Å². The number of hydrogen-bond acceptors (Lipinski definition) is 6. The van der Waals surface area contributed by atoms with E-state index in [0.717, 1.165) is 18.7 Å². The molecular weight excluding hydrogens is 378 g/mol. The average molecular weight is 400 g/mol. The molecule has 4 rings (SSSR count). The molecule has 3 aromatic rings. The van der Waals surface area contributed by atoms with Gasteiger partial charge in [-0.1, -0.05) is 37.7 Å². The van der Waals surface area contributed by atoms with E-state index in [9.17, 15) is 4.79 Å². The number of nitrogens with zero attached hydrogens (tertiary/aromatic N) is 5. The Labute approximate surface area is 166 Å². The maximum Gasteiger partial charge on any atom is 0.233 e. The molecule has 1 aliphatic rings. The summed E-state index contributed by atoms with van der Waals surface area (Å²) in [6.45, 7) is 5.82. The molecule has 6 nitrogen and oxygen atoms in total. The number of thiophene rings is 1. The number of carbonyl (C=O) groups excluding carboxylic acids is 1. The van der Waals surface area contributed by atoms with E-state index in [1.807, 2.05) is 17.0 Å². The summed E-state index contributed by atoms with van der Waals surface area (Å²) in [5, 5.41) is 14.7. The van der Waals surface area contributed by atoms with E-state index in [0.29, 0.717) is 23.4 Å². The van der Waals surface area contributed by atoms with E-state index in [4.69, 9.17) is 0 Å². The van der Waals surface area contributed by atoms with Gasteiger partial charge >= 0.3 is 0 Å². The van der Waals surface area contributed by atoms with Crippen LogP contribution in [-0.4, -0.2) is 43.3 Å². The van der Waals surface area contributed by atoms with Crippen LogP contribution in [0.2, 0.25) is 0 Å². The van der Waals surface area contributed by atoms with Crippen LogP contribution in [-0.2, 0) is 17.8 Å². The molecule has 0 aliphatic carbocycles. The van der Waals surface area contributed by atoms with Crippen molar-refractivity contribution in [2.75, 3.05) is 12.3 Å². The maximum atomic E-state index is 12.6. The minimum absolute atomic E-state index is 0.126. The molecule has 0 spiro atoms. The van der Waals surface area contributed by atoms with Gasteiger partial charge in [0.15, 0.2) is 0 Å². The van der Waals surface area contributed by atoms with E-state index < -0.39 is 0 Å². The zero-order valence-corrected chi connectivity index (χ0v) is 17.0. The number of amides is 1. The lowest BCUT2D eigenvalue weighted by Crippen LogP contribution is -2.36. The lowest BCUT2D eigenvalue weighted by atomic mass is 10.0. The fourth-order valence-corrected chi connectivity index (χ4v) is 4.79. The van der Waals surface area contributed by atoms with Crippen molar-refractivity contribution in [1.29, 1.82) is 0 Å². The van der Waals surface area contributed by atoms with Crippen LogP contribution in [0.5, 0.6) is 0 Å². The minimum atomic E-state index is 0.126. The molecule has 0 atom stereocenters. The molecule has 0 N–H and O–H groups in total. The summed E-state index contributed by atoms with van der Waals surface area (Å²) in [5.74, 6) is 0.943. The third-order valence-corrected chi connectivity index (χ3v) is 6.66. The number of tetrazole rings is 1. The van der Waals surface area contributed by atoms with E-state index in [2.05, 4.69) is 53.0 Å². The zero-order chi connectivity index (χ0) is 18.8. The van der Waals surface area contributed by atoms with Crippen LogP contribution in [0, 0.1) is 0 Å². The van der Waals surface area contributed by atoms with Crippen LogP contribution in [0.15, 0.2) is 40.9 Å². The van der Waals surface area contributed by atoms with Gasteiger partial charge in [0.25, 0.3) is 0 Å². The molecule has 140 valence electrons. The molecule has 3 heterocycles.